The predicted octanol–water partition coefficient (Wildman–Crippen LogP) is -3.02. The molecule has 15 heavy (non-hydrogen) atoms. The normalized spacial score (nSPS) is 10.9. The molecule has 0 bridgehead atoms. The molecular formula is C4H12FeN2O6S2. The third kappa shape index (κ3) is 31.4. The third-order valence-corrected chi connectivity index (χ3v) is 2.21. The Morgan fingerprint density at radius 1 is 0.800 bits per heavy atom. The second kappa shape index (κ2) is 9.48. The summed E-state index contributed by atoms with van der Waals surface area (Å²) in [6.45, 7) is -0.183. The molecule has 0 aliphatic heterocycles. The summed E-state index contributed by atoms with van der Waals surface area (Å²) in [6.07, 6.45) is 0. The zero-order valence-electron chi connectivity index (χ0n) is 7.60. The van der Waals surface area contributed by atoms with Crippen LogP contribution in [0.4, 0.5) is 0 Å². The van der Waals surface area contributed by atoms with Crippen molar-refractivity contribution in [2.45, 2.75) is 0 Å². The molecule has 0 saturated heterocycles. The fraction of sp³-hybridized carbons (Fsp3) is 1.00. The average Bonchev–Trinajstić information content (AvgIpc) is 1.81. The van der Waals surface area contributed by atoms with Crippen molar-refractivity contribution in [1.29, 1.82) is 0 Å². The third-order valence-electron chi connectivity index (χ3n) is 0.736. The van der Waals surface area contributed by atoms with Crippen molar-refractivity contribution >= 4 is 20.2 Å². The van der Waals surface area contributed by atoms with Gasteiger partial charge in [-0.25, -0.2) is 16.8 Å². The smallest absolute Gasteiger partial charge is 0.748 e. The molecule has 0 aliphatic rings. The van der Waals surface area contributed by atoms with Gasteiger partial charge < -0.3 is 20.6 Å². The molecule has 0 heterocycles. The molecule has 0 atom stereocenters. The summed E-state index contributed by atoms with van der Waals surface area (Å²) in [7, 11) is -8.10. The summed E-state index contributed by atoms with van der Waals surface area (Å²) in [6, 6.07) is 0. The molecule has 8 nitrogen and oxygen atoms in total. The molecule has 0 saturated carbocycles. The first-order valence-electron chi connectivity index (χ1n) is 3.39. The van der Waals surface area contributed by atoms with Gasteiger partial charge in [0.2, 0.25) is 0 Å². The minimum atomic E-state index is -4.05. The van der Waals surface area contributed by atoms with Crippen LogP contribution in [0.2, 0.25) is 0 Å². The van der Waals surface area contributed by atoms with Crippen molar-refractivity contribution in [3.8, 4) is 0 Å². The van der Waals surface area contributed by atoms with Crippen molar-refractivity contribution in [3.05, 3.63) is 0 Å². The van der Waals surface area contributed by atoms with Gasteiger partial charge in [0, 0.05) is 13.1 Å². The monoisotopic (exact) mass is 304 g/mol. The first kappa shape index (κ1) is 20.6. The fourth-order valence-corrected chi connectivity index (χ4v) is 0.866. The topological polar surface area (TPSA) is 166 Å². The van der Waals surface area contributed by atoms with Gasteiger partial charge in [-0.15, -0.1) is 0 Å². The number of hydrogen-bond acceptors (Lipinski definition) is 8. The molecule has 0 rings (SSSR count). The van der Waals surface area contributed by atoms with Crippen LogP contribution in [0.15, 0.2) is 0 Å². The molecule has 94 valence electrons. The van der Waals surface area contributed by atoms with Crippen LogP contribution in [0.1, 0.15) is 0 Å². The molecule has 11 heteroatoms. The van der Waals surface area contributed by atoms with Gasteiger partial charge in [-0.3, -0.25) is 0 Å². The Labute approximate surface area is 99.4 Å². The molecule has 0 aromatic carbocycles. The van der Waals surface area contributed by atoms with Crippen molar-refractivity contribution in [2.24, 2.45) is 11.5 Å². The number of nitrogens with two attached hydrogens (primary N) is 2. The van der Waals surface area contributed by atoms with E-state index in [4.69, 9.17) is 11.5 Å². The van der Waals surface area contributed by atoms with Gasteiger partial charge in [0.05, 0.1) is 31.7 Å². The molecule has 0 aromatic heterocycles. The van der Waals surface area contributed by atoms with Gasteiger partial charge >= 0.3 is 17.1 Å². The van der Waals surface area contributed by atoms with E-state index in [2.05, 4.69) is 0 Å². The van der Waals surface area contributed by atoms with Gasteiger partial charge in [0.15, 0.2) is 0 Å². The minimum Gasteiger partial charge on any atom is -0.748 e. The van der Waals surface area contributed by atoms with Crippen LogP contribution < -0.4 is 11.5 Å². The van der Waals surface area contributed by atoms with E-state index in [1.165, 1.54) is 0 Å². The Balaban J connectivity index is -0.000000180. The Hall–Kier alpha value is 0.259. The average molecular weight is 304 g/mol. The van der Waals surface area contributed by atoms with E-state index in [1.54, 1.807) is 0 Å². The van der Waals surface area contributed by atoms with Crippen molar-refractivity contribution in [3.63, 3.8) is 0 Å². The van der Waals surface area contributed by atoms with Crippen molar-refractivity contribution in [2.75, 3.05) is 24.6 Å². The van der Waals surface area contributed by atoms with E-state index < -0.39 is 31.7 Å². The Kier molecular flexibility index (Phi) is 13.1. The maximum absolute atomic E-state index is 9.60. The maximum Gasteiger partial charge on any atom is 2.00 e. The molecule has 0 fully saturated rings. The quantitative estimate of drug-likeness (QED) is 0.408. The Morgan fingerprint density at radius 2 is 1.00 bits per heavy atom. The largest absolute Gasteiger partial charge is 2.00 e. The zero-order valence-corrected chi connectivity index (χ0v) is 10.3. The van der Waals surface area contributed by atoms with E-state index in [1.807, 2.05) is 0 Å². The molecule has 0 radical (unpaired) electrons. The predicted molar refractivity (Wildman–Crippen MR) is 47.2 cm³/mol. The van der Waals surface area contributed by atoms with Crippen LogP contribution in [0.3, 0.4) is 0 Å². The first-order valence-corrected chi connectivity index (χ1v) is 6.55. The van der Waals surface area contributed by atoms with Gasteiger partial charge in [0.25, 0.3) is 0 Å². The van der Waals surface area contributed by atoms with Crippen LogP contribution in [0.5, 0.6) is 0 Å². The molecule has 0 amide bonds. The van der Waals surface area contributed by atoms with Gasteiger partial charge in [-0.1, -0.05) is 0 Å². The molecule has 0 aliphatic carbocycles. The summed E-state index contributed by atoms with van der Waals surface area (Å²) >= 11 is 0. The van der Waals surface area contributed by atoms with Crippen LogP contribution in [0, 0.1) is 0 Å². The summed E-state index contributed by atoms with van der Waals surface area (Å²) in [5.41, 5.74) is 9.47. The standard InChI is InChI=1S/2C2H7NO3S.Fe/c2*3-1-2-7(4,5)6;/h2*1-3H2,(H,4,5,6);/q;;+2/p-2. The molecule has 0 spiro atoms. The van der Waals surface area contributed by atoms with E-state index in [9.17, 15) is 25.9 Å². The van der Waals surface area contributed by atoms with E-state index in [0.29, 0.717) is 0 Å². The van der Waals surface area contributed by atoms with E-state index in [-0.39, 0.29) is 30.2 Å². The second-order valence-corrected chi connectivity index (χ2v) is 5.15. The van der Waals surface area contributed by atoms with Crippen molar-refractivity contribution < 1.29 is 43.0 Å². The molecule has 0 aromatic rings. The fourth-order valence-electron chi connectivity index (χ4n) is 0.289. The Morgan fingerprint density at radius 3 is 1.00 bits per heavy atom. The number of hydrogen-bond donors (Lipinski definition) is 2. The van der Waals surface area contributed by atoms with Crippen LogP contribution in [0.25, 0.3) is 0 Å². The van der Waals surface area contributed by atoms with Gasteiger partial charge in [-0.2, -0.15) is 0 Å². The number of rotatable bonds is 4. The van der Waals surface area contributed by atoms with Crippen LogP contribution in [-0.2, 0) is 37.3 Å². The second-order valence-electron chi connectivity index (χ2n) is 2.10. The molecule has 4 N–H and O–H groups in total. The SMILES string of the molecule is NCCS(=O)(=O)[O-].NCCS(=O)(=O)[O-].[Fe+2]. The zero-order chi connectivity index (χ0) is 11.8. The van der Waals surface area contributed by atoms with Crippen LogP contribution in [-0.4, -0.2) is 50.5 Å². The first-order chi connectivity index (χ1) is 6.12. The van der Waals surface area contributed by atoms with Crippen LogP contribution >= 0.6 is 0 Å². The van der Waals surface area contributed by atoms with Crippen molar-refractivity contribution in [1.82, 2.24) is 0 Å². The minimum absolute atomic E-state index is 0. The molecular weight excluding hydrogens is 292 g/mol. The van der Waals surface area contributed by atoms with E-state index >= 15 is 0 Å². The summed E-state index contributed by atoms with van der Waals surface area (Å²) in [5, 5.41) is 0. The van der Waals surface area contributed by atoms with Gasteiger partial charge in [-0.05, 0) is 0 Å². The maximum atomic E-state index is 9.60. The Bertz CT molecular complexity index is 291. The summed E-state index contributed by atoms with van der Waals surface area (Å²) < 4.78 is 57.6. The van der Waals surface area contributed by atoms with Gasteiger partial charge in [0.1, 0.15) is 0 Å². The molecule has 0 unspecified atom stereocenters. The van der Waals surface area contributed by atoms with E-state index in [0.717, 1.165) is 0 Å². The summed E-state index contributed by atoms with van der Waals surface area (Å²) in [5.74, 6) is -0.931. The summed E-state index contributed by atoms with van der Waals surface area (Å²) in [4.78, 5) is 0.